The number of halogens is 1. The fraction of sp³-hybridized carbons (Fsp3) is 0.238. The van der Waals surface area contributed by atoms with Crippen LogP contribution in [0.25, 0.3) is 16.5 Å². The fourth-order valence-corrected chi connectivity index (χ4v) is 4.60. The Labute approximate surface area is 193 Å². The topological polar surface area (TPSA) is 77.1 Å². The van der Waals surface area contributed by atoms with Crippen molar-refractivity contribution in [3.8, 4) is 16.5 Å². The molecule has 1 aromatic carbocycles. The molecule has 3 heterocycles. The second-order valence-electron chi connectivity index (χ2n) is 6.64. The van der Waals surface area contributed by atoms with Crippen LogP contribution >= 0.6 is 34.7 Å². The Kier molecular flexibility index (Phi) is 7.06. The van der Waals surface area contributed by atoms with Crippen LogP contribution in [-0.2, 0) is 11.3 Å². The highest BCUT2D eigenvalue weighted by Gasteiger charge is 2.19. The van der Waals surface area contributed by atoms with E-state index < -0.39 is 0 Å². The van der Waals surface area contributed by atoms with Crippen molar-refractivity contribution in [3.05, 3.63) is 65.1 Å². The third kappa shape index (κ3) is 5.36. The molecule has 0 N–H and O–H groups in total. The number of amides is 1. The number of carbonyl (C=O) groups is 1. The summed E-state index contributed by atoms with van der Waals surface area (Å²) in [6.45, 7) is 2.94. The number of benzene rings is 1. The Morgan fingerprint density at radius 2 is 2.10 bits per heavy atom. The first-order valence-corrected chi connectivity index (χ1v) is 11.9. The second kappa shape index (κ2) is 10.1. The first-order valence-electron chi connectivity index (χ1n) is 9.70. The van der Waals surface area contributed by atoms with Gasteiger partial charge in [0.15, 0.2) is 5.16 Å². The molecule has 0 radical (unpaired) electrons. The van der Waals surface area contributed by atoms with Crippen molar-refractivity contribution in [2.45, 2.75) is 25.0 Å². The predicted octanol–water partition coefficient (Wildman–Crippen LogP) is 5.17. The molecule has 4 aromatic rings. The molecule has 7 nitrogen and oxygen atoms in total. The lowest BCUT2D eigenvalue weighted by molar-refractivity contribution is -0.129. The molecule has 160 valence electrons. The van der Waals surface area contributed by atoms with Crippen LogP contribution in [0.2, 0.25) is 5.02 Å². The molecule has 0 aliphatic carbocycles. The van der Waals surface area contributed by atoms with Gasteiger partial charge in [0, 0.05) is 29.6 Å². The SMILES string of the molecule is CCCN(Cc1nnc(-c2cccs2)o1)C(=O)CSc1nccn1-c1ccc(Cl)cc1. The lowest BCUT2D eigenvalue weighted by Crippen LogP contribution is -2.32. The Hall–Kier alpha value is -2.62. The molecule has 0 saturated carbocycles. The van der Waals surface area contributed by atoms with Crippen LogP contribution in [0.1, 0.15) is 19.2 Å². The van der Waals surface area contributed by atoms with Crippen molar-refractivity contribution in [1.29, 1.82) is 0 Å². The lowest BCUT2D eigenvalue weighted by atomic mass is 10.3. The molecule has 0 aliphatic rings. The van der Waals surface area contributed by atoms with Crippen LogP contribution in [-0.4, -0.2) is 42.9 Å². The van der Waals surface area contributed by atoms with Crippen LogP contribution in [0.5, 0.6) is 0 Å². The maximum Gasteiger partial charge on any atom is 0.257 e. The summed E-state index contributed by atoms with van der Waals surface area (Å²) in [6.07, 6.45) is 4.42. The number of carbonyl (C=O) groups excluding carboxylic acids is 1. The highest BCUT2D eigenvalue weighted by Crippen LogP contribution is 2.24. The molecule has 0 spiro atoms. The van der Waals surface area contributed by atoms with E-state index >= 15 is 0 Å². The molecule has 0 aliphatic heterocycles. The number of thiophene rings is 1. The molecule has 31 heavy (non-hydrogen) atoms. The summed E-state index contributed by atoms with van der Waals surface area (Å²) in [5.74, 6) is 1.16. The van der Waals surface area contributed by atoms with Crippen LogP contribution < -0.4 is 0 Å². The molecular formula is C21H20ClN5O2S2. The normalized spacial score (nSPS) is 11.0. The minimum absolute atomic E-state index is 0.00613. The van der Waals surface area contributed by atoms with E-state index in [0.29, 0.717) is 23.3 Å². The molecule has 0 fully saturated rings. The first-order chi connectivity index (χ1) is 15.1. The summed E-state index contributed by atoms with van der Waals surface area (Å²) in [4.78, 5) is 20.0. The van der Waals surface area contributed by atoms with Crippen molar-refractivity contribution >= 4 is 40.6 Å². The smallest absolute Gasteiger partial charge is 0.257 e. The third-order valence-electron chi connectivity index (χ3n) is 4.41. The number of thioether (sulfide) groups is 1. The van der Waals surface area contributed by atoms with E-state index in [2.05, 4.69) is 15.2 Å². The Balaban J connectivity index is 1.41. The number of hydrogen-bond donors (Lipinski definition) is 0. The summed E-state index contributed by atoms with van der Waals surface area (Å²) in [5, 5.41) is 11.6. The number of rotatable bonds is 9. The molecule has 0 unspecified atom stereocenters. The standard InChI is InChI=1S/C21H20ClN5O2S2/c1-2-10-26(13-18-24-25-20(29-18)17-4-3-12-30-17)19(28)14-31-21-23-9-11-27(21)16-7-5-15(22)6-8-16/h3-9,11-12H,2,10,13-14H2,1H3. The van der Waals surface area contributed by atoms with Gasteiger partial charge in [0.1, 0.15) is 0 Å². The fourth-order valence-electron chi connectivity index (χ4n) is 2.95. The van der Waals surface area contributed by atoms with Gasteiger partial charge in [0.2, 0.25) is 11.8 Å². The minimum Gasteiger partial charge on any atom is -0.418 e. The van der Waals surface area contributed by atoms with E-state index in [1.807, 2.05) is 59.5 Å². The maximum absolute atomic E-state index is 12.9. The van der Waals surface area contributed by atoms with Crippen molar-refractivity contribution in [2.24, 2.45) is 0 Å². The highest BCUT2D eigenvalue weighted by atomic mass is 35.5. The van der Waals surface area contributed by atoms with Crippen molar-refractivity contribution in [2.75, 3.05) is 12.3 Å². The highest BCUT2D eigenvalue weighted by molar-refractivity contribution is 7.99. The summed E-state index contributed by atoms with van der Waals surface area (Å²) in [5.41, 5.74) is 0.939. The summed E-state index contributed by atoms with van der Waals surface area (Å²) >= 11 is 8.91. The van der Waals surface area contributed by atoms with Crippen LogP contribution in [0.15, 0.2) is 63.7 Å². The first kappa shape index (κ1) is 21.6. The summed E-state index contributed by atoms with van der Waals surface area (Å²) in [7, 11) is 0. The van der Waals surface area contributed by atoms with E-state index in [-0.39, 0.29) is 18.2 Å². The number of hydrogen-bond acceptors (Lipinski definition) is 7. The van der Waals surface area contributed by atoms with Gasteiger partial charge in [-0.15, -0.1) is 21.5 Å². The number of nitrogens with zero attached hydrogens (tertiary/aromatic N) is 5. The van der Waals surface area contributed by atoms with Crippen LogP contribution in [0.3, 0.4) is 0 Å². The van der Waals surface area contributed by atoms with Gasteiger partial charge in [-0.3, -0.25) is 9.36 Å². The quantitative estimate of drug-likeness (QED) is 0.312. The predicted molar refractivity (Wildman–Crippen MR) is 123 cm³/mol. The molecule has 10 heteroatoms. The van der Waals surface area contributed by atoms with E-state index in [9.17, 15) is 4.79 Å². The Morgan fingerprint density at radius 3 is 2.84 bits per heavy atom. The second-order valence-corrected chi connectivity index (χ2v) is 8.97. The van der Waals surface area contributed by atoms with E-state index in [1.54, 1.807) is 11.1 Å². The van der Waals surface area contributed by atoms with E-state index in [0.717, 1.165) is 22.1 Å². The van der Waals surface area contributed by atoms with E-state index in [4.69, 9.17) is 16.0 Å². The zero-order valence-electron chi connectivity index (χ0n) is 16.8. The van der Waals surface area contributed by atoms with Gasteiger partial charge >= 0.3 is 0 Å². The van der Waals surface area contributed by atoms with Gasteiger partial charge in [-0.25, -0.2) is 4.98 Å². The van der Waals surface area contributed by atoms with Crippen molar-refractivity contribution in [3.63, 3.8) is 0 Å². The maximum atomic E-state index is 12.9. The number of aromatic nitrogens is 4. The van der Waals surface area contributed by atoms with Crippen molar-refractivity contribution < 1.29 is 9.21 Å². The molecule has 0 bridgehead atoms. The monoisotopic (exact) mass is 473 g/mol. The third-order valence-corrected chi connectivity index (χ3v) is 6.47. The average molecular weight is 474 g/mol. The molecule has 0 saturated heterocycles. The van der Waals surface area contributed by atoms with Gasteiger partial charge in [0.05, 0.1) is 17.2 Å². The van der Waals surface area contributed by atoms with Gasteiger partial charge in [-0.1, -0.05) is 36.4 Å². The number of imidazole rings is 1. The molecule has 4 rings (SSSR count). The van der Waals surface area contributed by atoms with Gasteiger partial charge in [-0.2, -0.15) is 0 Å². The van der Waals surface area contributed by atoms with Crippen LogP contribution in [0, 0.1) is 0 Å². The largest absolute Gasteiger partial charge is 0.418 e. The summed E-state index contributed by atoms with van der Waals surface area (Å²) < 4.78 is 7.69. The van der Waals surface area contributed by atoms with Crippen LogP contribution in [0.4, 0.5) is 0 Å². The molecule has 0 atom stereocenters. The average Bonchev–Trinajstić information content (AvgIpc) is 3.53. The summed E-state index contributed by atoms with van der Waals surface area (Å²) in [6, 6.07) is 11.3. The zero-order chi connectivity index (χ0) is 21.6. The van der Waals surface area contributed by atoms with E-state index in [1.165, 1.54) is 23.1 Å². The molecule has 1 amide bonds. The Bertz CT molecular complexity index is 1130. The zero-order valence-corrected chi connectivity index (χ0v) is 19.2. The Morgan fingerprint density at radius 1 is 1.26 bits per heavy atom. The molecular weight excluding hydrogens is 454 g/mol. The van der Waals surface area contributed by atoms with Gasteiger partial charge in [0.25, 0.3) is 5.89 Å². The van der Waals surface area contributed by atoms with Gasteiger partial charge in [-0.05, 0) is 42.1 Å². The van der Waals surface area contributed by atoms with Gasteiger partial charge < -0.3 is 9.32 Å². The minimum atomic E-state index is -0.00613. The molecule has 3 aromatic heterocycles. The van der Waals surface area contributed by atoms with Crippen molar-refractivity contribution in [1.82, 2.24) is 24.6 Å². The lowest BCUT2D eigenvalue weighted by Gasteiger charge is -2.20.